The average Bonchev–Trinajstić information content (AvgIpc) is 3.45. The average molecular weight is 563 g/mol. The molecule has 1 saturated heterocycles. The number of fused-ring (bicyclic) bond motifs is 6. The van der Waals surface area contributed by atoms with E-state index in [1.165, 1.54) is 18.2 Å². The van der Waals surface area contributed by atoms with Crippen LogP contribution in [0.4, 0.5) is 15.8 Å². The molecule has 4 aromatic carbocycles. The summed E-state index contributed by atoms with van der Waals surface area (Å²) in [6, 6.07) is 23.5. The van der Waals surface area contributed by atoms with Crippen LogP contribution in [0.15, 0.2) is 97.1 Å². The van der Waals surface area contributed by atoms with Gasteiger partial charge in [0.15, 0.2) is 11.6 Å². The molecule has 1 N–H and O–H groups in total. The van der Waals surface area contributed by atoms with Gasteiger partial charge in [0.2, 0.25) is 5.91 Å². The molecule has 3 aliphatic rings. The second kappa shape index (κ2) is 9.25. The minimum atomic E-state index is -1.57. The molecule has 3 heterocycles. The molecule has 4 aromatic rings. The number of amides is 1. The van der Waals surface area contributed by atoms with Crippen molar-refractivity contribution >= 4 is 46.5 Å². The number of nitrogens with one attached hydrogen (secondary N) is 1. The minimum absolute atomic E-state index is 0.322. The molecule has 3 aliphatic heterocycles. The van der Waals surface area contributed by atoms with Gasteiger partial charge < -0.3 is 10.2 Å². The summed E-state index contributed by atoms with van der Waals surface area (Å²) < 4.78 is 14.9. The van der Waals surface area contributed by atoms with Crippen molar-refractivity contribution in [1.29, 1.82) is 0 Å². The maximum atomic E-state index is 14.9. The number of benzene rings is 4. The molecular weight excluding hydrogens is 539 g/mol. The van der Waals surface area contributed by atoms with E-state index in [1.54, 1.807) is 36.4 Å². The maximum Gasteiger partial charge on any atom is 0.238 e. The third kappa shape index (κ3) is 3.64. The van der Waals surface area contributed by atoms with E-state index in [4.69, 9.17) is 11.6 Å². The second-order valence-electron chi connectivity index (χ2n) is 10.8. The Balaban J connectivity index is 1.54. The zero-order valence-electron chi connectivity index (χ0n) is 22.0. The van der Waals surface area contributed by atoms with E-state index in [1.807, 2.05) is 60.4 Å². The number of aryl methyl sites for hydroxylation is 1. The molecule has 202 valence electrons. The highest BCUT2D eigenvalue weighted by Gasteiger charge is 2.70. The van der Waals surface area contributed by atoms with Crippen molar-refractivity contribution in [2.24, 2.45) is 5.92 Å². The van der Waals surface area contributed by atoms with Crippen LogP contribution in [0.1, 0.15) is 37.4 Å². The molecule has 0 bridgehead atoms. The van der Waals surface area contributed by atoms with Crippen LogP contribution in [-0.2, 0) is 10.2 Å². The minimum Gasteiger partial charge on any atom is -0.352 e. The number of Topliss-reactive ketones (excluding diaryl/α,β-unsaturated/α-hetero) is 2. The highest BCUT2D eigenvalue weighted by molar-refractivity contribution is 6.30. The Kier molecular flexibility index (Phi) is 5.73. The first-order chi connectivity index (χ1) is 19.8. The van der Waals surface area contributed by atoms with Gasteiger partial charge in [-0.2, -0.15) is 0 Å². The van der Waals surface area contributed by atoms with Crippen molar-refractivity contribution in [3.05, 3.63) is 136 Å². The van der Waals surface area contributed by atoms with Crippen molar-refractivity contribution < 1.29 is 18.8 Å². The Morgan fingerprint density at radius 1 is 0.902 bits per heavy atom. The van der Waals surface area contributed by atoms with Crippen molar-refractivity contribution in [1.82, 2.24) is 0 Å². The summed E-state index contributed by atoms with van der Waals surface area (Å²) in [5.74, 6) is -2.81. The number of nitrogens with zero attached hydrogens (tertiary/aromatic N) is 1. The summed E-state index contributed by atoms with van der Waals surface area (Å²) in [6.07, 6.45) is 3.78. The van der Waals surface area contributed by atoms with Crippen LogP contribution in [0.3, 0.4) is 0 Å². The van der Waals surface area contributed by atoms with Gasteiger partial charge in [0.25, 0.3) is 0 Å². The number of anilines is 2. The van der Waals surface area contributed by atoms with Crippen molar-refractivity contribution in [3.63, 3.8) is 0 Å². The van der Waals surface area contributed by atoms with Crippen molar-refractivity contribution in [2.45, 2.75) is 24.4 Å². The molecule has 1 spiro atoms. The fraction of sp³-hybridized carbons (Fsp3) is 0.147. The molecule has 1 unspecified atom stereocenters. The topological polar surface area (TPSA) is 66.5 Å². The van der Waals surface area contributed by atoms with Gasteiger partial charge in [0.1, 0.15) is 17.3 Å². The van der Waals surface area contributed by atoms with E-state index < -0.39 is 35.1 Å². The summed E-state index contributed by atoms with van der Waals surface area (Å²) >= 11 is 6.14. The zero-order chi connectivity index (χ0) is 28.5. The SMILES string of the molecule is Cc1ccc(C(=O)[C@H]2[C@H](C(=O)c3ccc(Cl)cc3)N3c4ccccc4C=CC3[C@]23C(=O)Nc2ccc(F)cc23)cc1. The van der Waals surface area contributed by atoms with E-state index >= 15 is 0 Å². The van der Waals surface area contributed by atoms with Crippen LogP contribution < -0.4 is 10.2 Å². The molecule has 1 fully saturated rings. The lowest BCUT2D eigenvalue weighted by Crippen LogP contribution is -2.51. The fourth-order valence-corrected chi connectivity index (χ4v) is 6.94. The molecule has 41 heavy (non-hydrogen) atoms. The third-order valence-corrected chi connectivity index (χ3v) is 8.86. The van der Waals surface area contributed by atoms with Gasteiger partial charge in [-0.1, -0.05) is 71.8 Å². The molecule has 4 atom stereocenters. The number of hydrogen-bond donors (Lipinski definition) is 1. The predicted molar refractivity (Wildman–Crippen MR) is 157 cm³/mol. The Bertz CT molecular complexity index is 1780. The van der Waals surface area contributed by atoms with Crippen LogP contribution in [0.25, 0.3) is 6.08 Å². The number of carbonyl (C=O) groups is 3. The number of rotatable bonds is 4. The lowest BCUT2D eigenvalue weighted by Gasteiger charge is -2.37. The molecule has 7 rings (SSSR count). The summed E-state index contributed by atoms with van der Waals surface area (Å²) in [5.41, 5.74) is 2.53. The number of hydrogen-bond acceptors (Lipinski definition) is 4. The van der Waals surface area contributed by atoms with Crippen LogP contribution in [0, 0.1) is 18.7 Å². The molecule has 0 saturated carbocycles. The van der Waals surface area contributed by atoms with Crippen LogP contribution in [-0.4, -0.2) is 29.6 Å². The molecule has 0 aliphatic carbocycles. The third-order valence-electron chi connectivity index (χ3n) is 8.61. The van der Waals surface area contributed by atoms with E-state index in [9.17, 15) is 18.8 Å². The molecule has 1 amide bonds. The normalized spacial score (nSPS) is 23.6. The van der Waals surface area contributed by atoms with E-state index in [0.29, 0.717) is 27.4 Å². The van der Waals surface area contributed by atoms with Gasteiger partial charge in [-0.25, -0.2) is 4.39 Å². The van der Waals surface area contributed by atoms with Crippen LogP contribution in [0.5, 0.6) is 0 Å². The Morgan fingerprint density at radius 3 is 2.34 bits per heavy atom. The van der Waals surface area contributed by atoms with Crippen molar-refractivity contribution in [2.75, 3.05) is 10.2 Å². The highest BCUT2D eigenvalue weighted by Crippen LogP contribution is 2.58. The van der Waals surface area contributed by atoms with Gasteiger partial charge in [0.05, 0.1) is 12.0 Å². The first-order valence-corrected chi connectivity index (χ1v) is 13.8. The summed E-state index contributed by atoms with van der Waals surface area (Å²) in [6.45, 7) is 1.92. The smallest absolute Gasteiger partial charge is 0.238 e. The van der Waals surface area contributed by atoms with E-state index in [-0.39, 0.29) is 11.6 Å². The molecule has 7 heteroatoms. The number of ketones is 2. The van der Waals surface area contributed by atoms with Gasteiger partial charge in [0, 0.05) is 27.5 Å². The molecule has 0 aromatic heterocycles. The summed E-state index contributed by atoms with van der Waals surface area (Å²) in [4.78, 5) is 45.5. The zero-order valence-corrected chi connectivity index (χ0v) is 22.7. The quantitative estimate of drug-likeness (QED) is 0.283. The van der Waals surface area contributed by atoms with Gasteiger partial charge in [-0.15, -0.1) is 0 Å². The van der Waals surface area contributed by atoms with Gasteiger partial charge in [-0.3, -0.25) is 14.4 Å². The summed E-state index contributed by atoms with van der Waals surface area (Å²) in [7, 11) is 0. The van der Waals surface area contributed by atoms with Crippen LogP contribution in [0.2, 0.25) is 5.02 Å². The summed E-state index contributed by atoms with van der Waals surface area (Å²) in [5, 5.41) is 3.39. The molecule has 0 radical (unpaired) electrons. The number of para-hydroxylation sites is 1. The Labute approximate surface area is 241 Å². The van der Waals surface area contributed by atoms with E-state index in [0.717, 1.165) is 16.8 Å². The largest absolute Gasteiger partial charge is 0.352 e. The fourth-order valence-electron chi connectivity index (χ4n) is 6.82. The monoisotopic (exact) mass is 562 g/mol. The predicted octanol–water partition coefficient (Wildman–Crippen LogP) is 6.64. The first-order valence-electron chi connectivity index (χ1n) is 13.4. The lowest BCUT2D eigenvalue weighted by atomic mass is 9.64. The molecule has 5 nitrogen and oxygen atoms in total. The lowest BCUT2D eigenvalue weighted by molar-refractivity contribution is -0.121. The highest BCUT2D eigenvalue weighted by atomic mass is 35.5. The standard InChI is InChI=1S/C34H24ClFN2O3/c1-19-6-8-21(9-7-19)31(39)29-30(32(40)22-10-13-23(35)14-11-22)38-27-5-3-2-4-20(27)12-17-28(38)34(29)25-18-24(36)15-16-26(25)37-33(34)41/h2-18,28-30H,1H3,(H,37,41)/t28?,29-,30-,34+/m1/s1. The van der Waals surface area contributed by atoms with Crippen molar-refractivity contribution in [3.8, 4) is 0 Å². The maximum absolute atomic E-state index is 14.9. The van der Waals surface area contributed by atoms with E-state index in [2.05, 4.69) is 5.32 Å². The Morgan fingerprint density at radius 2 is 1.59 bits per heavy atom. The second-order valence-corrected chi connectivity index (χ2v) is 11.2. The van der Waals surface area contributed by atoms with Crippen LogP contribution >= 0.6 is 11.6 Å². The van der Waals surface area contributed by atoms with Gasteiger partial charge in [-0.05, 0) is 66.6 Å². The Hall–Kier alpha value is -4.55. The number of carbonyl (C=O) groups excluding carboxylic acids is 3. The molecular formula is C34H24ClFN2O3. The first kappa shape index (κ1) is 25.4. The van der Waals surface area contributed by atoms with Gasteiger partial charge >= 0.3 is 0 Å². The number of halogens is 2.